The number of halogens is 1. The molecule has 0 unspecified atom stereocenters. The molecule has 0 saturated heterocycles. The van der Waals surface area contributed by atoms with E-state index >= 15 is 0 Å². The minimum absolute atomic E-state index is 1.01. The lowest BCUT2D eigenvalue weighted by atomic mass is 10.1. The summed E-state index contributed by atoms with van der Waals surface area (Å²) in [7, 11) is 2.09. The largest absolute Gasteiger partial charge is 0.341 e. The van der Waals surface area contributed by atoms with Gasteiger partial charge in [0.25, 0.3) is 0 Å². The average Bonchev–Trinajstić information content (AvgIpc) is 2.30. The third-order valence-electron chi connectivity index (χ3n) is 2.25. The summed E-state index contributed by atoms with van der Waals surface area (Å²) in [5.41, 5.74) is 2.90. The minimum Gasteiger partial charge on any atom is -0.341 e. The molecule has 2 rings (SSSR count). The van der Waals surface area contributed by atoms with Crippen LogP contribution in [-0.2, 0) is 20.0 Å². The van der Waals surface area contributed by atoms with E-state index in [9.17, 15) is 0 Å². The summed E-state index contributed by atoms with van der Waals surface area (Å²) in [6, 6.07) is 2.22. The molecule has 1 aromatic heterocycles. The third-order valence-corrected chi connectivity index (χ3v) is 3.01. The second-order valence-electron chi connectivity index (χ2n) is 2.92. The van der Waals surface area contributed by atoms with Gasteiger partial charge in [-0.2, -0.15) is 0 Å². The first-order valence-corrected chi connectivity index (χ1v) is 4.62. The number of nitrogens with zero attached hydrogens (tertiary/aromatic N) is 1. The van der Waals surface area contributed by atoms with Crippen molar-refractivity contribution in [2.45, 2.75) is 13.0 Å². The fraction of sp³-hybridized carbons (Fsp3) is 0.500. The van der Waals surface area contributed by atoms with E-state index < -0.39 is 0 Å². The molecule has 60 valence electrons. The van der Waals surface area contributed by atoms with E-state index in [2.05, 4.69) is 38.9 Å². The Hall–Kier alpha value is -0.280. The molecule has 11 heavy (non-hydrogen) atoms. The Morgan fingerprint density at radius 3 is 3.18 bits per heavy atom. The Balaban J connectivity index is 2.50. The lowest BCUT2D eigenvalue weighted by molar-refractivity contribution is 0.608. The molecule has 1 N–H and O–H groups in total. The highest BCUT2D eigenvalue weighted by Crippen LogP contribution is 2.21. The number of nitrogens with one attached hydrogen (secondary N) is 1. The number of aromatic nitrogens is 1. The minimum atomic E-state index is 1.01. The quantitative estimate of drug-likeness (QED) is 0.692. The molecule has 0 atom stereocenters. The van der Waals surface area contributed by atoms with Crippen LogP contribution < -0.4 is 5.32 Å². The second kappa shape index (κ2) is 2.64. The van der Waals surface area contributed by atoms with Crippen LogP contribution in [0.2, 0.25) is 0 Å². The highest BCUT2D eigenvalue weighted by atomic mass is 79.9. The van der Waals surface area contributed by atoms with Crippen molar-refractivity contribution in [2.24, 2.45) is 7.05 Å². The monoisotopic (exact) mass is 214 g/mol. The van der Waals surface area contributed by atoms with Gasteiger partial charge in [-0.05, 0) is 40.5 Å². The van der Waals surface area contributed by atoms with Crippen molar-refractivity contribution in [3.05, 3.63) is 21.9 Å². The molecule has 0 spiro atoms. The van der Waals surface area contributed by atoms with Crippen molar-refractivity contribution < 1.29 is 0 Å². The van der Waals surface area contributed by atoms with Gasteiger partial charge in [0.15, 0.2) is 0 Å². The Bertz CT molecular complexity index is 278. The van der Waals surface area contributed by atoms with E-state index in [1.807, 2.05) is 0 Å². The van der Waals surface area contributed by atoms with Crippen LogP contribution >= 0.6 is 15.9 Å². The van der Waals surface area contributed by atoms with E-state index in [0.29, 0.717) is 0 Å². The van der Waals surface area contributed by atoms with E-state index in [4.69, 9.17) is 0 Å². The van der Waals surface area contributed by atoms with Crippen molar-refractivity contribution in [3.63, 3.8) is 0 Å². The van der Waals surface area contributed by atoms with E-state index in [1.54, 1.807) is 0 Å². The van der Waals surface area contributed by atoms with E-state index in [0.717, 1.165) is 19.5 Å². The Kier molecular flexibility index (Phi) is 1.77. The van der Waals surface area contributed by atoms with Crippen molar-refractivity contribution >= 4 is 15.9 Å². The lowest BCUT2D eigenvalue weighted by Crippen LogP contribution is -2.24. The SMILES string of the molecule is Cn1c(Br)cc2c1CNCC2. The Morgan fingerprint density at radius 1 is 1.64 bits per heavy atom. The summed E-state index contributed by atoms with van der Waals surface area (Å²) >= 11 is 3.51. The molecule has 0 amide bonds. The standard InChI is InChI=1S/C8H11BrN2/c1-11-7-5-10-3-2-6(7)4-8(11)9/h4,10H,2-3,5H2,1H3. The summed E-state index contributed by atoms with van der Waals surface area (Å²) in [4.78, 5) is 0. The maximum absolute atomic E-state index is 3.51. The molecule has 0 radical (unpaired) electrons. The molecule has 2 heterocycles. The van der Waals surface area contributed by atoms with Gasteiger partial charge in [0, 0.05) is 19.3 Å². The van der Waals surface area contributed by atoms with Crippen molar-refractivity contribution in [1.82, 2.24) is 9.88 Å². The number of fused-ring (bicyclic) bond motifs is 1. The van der Waals surface area contributed by atoms with Gasteiger partial charge in [0.05, 0.1) is 4.60 Å². The Labute approximate surface area is 74.7 Å². The molecule has 2 nitrogen and oxygen atoms in total. The van der Waals surface area contributed by atoms with Crippen LogP contribution in [0.3, 0.4) is 0 Å². The zero-order valence-corrected chi connectivity index (χ0v) is 8.11. The van der Waals surface area contributed by atoms with Crippen LogP contribution in [0.1, 0.15) is 11.3 Å². The molecular formula is C8H11BrN2. The third kappa shape index (κ3) is 1.12. The topological polar surface area (TPSA) is 17.0 Å². The molecule has 0 aliphatic carbocycles. The molecule has 0 fully saturated rings. The number of hydrogen-bond donors (Lipinski definition) is 1. The summed E-state index contributed by atoms with van der Waals surface area (Å²) in [5, 5.41) is 3.35. The normalized spacial score (nSPS) is 16.5. The van der Waals surface area contributed by atoms with Crippen LogP contribution in [0.4, 0.5) is 0 Å². The van der Waals surface area contributed by atoms with E-state index in [1.165, 1.54) is 15.9 Å². The van der Waals surface area contributed by atoms with Crippen LogP contribution in [0.25, 0.3) is 0 Å². The molecule has 0 bridgehead atoms. The summed E-state index contributed by atoms with van der Waals surface area (Å²) < 4.78 is 3.38. The first kappa shape index (κ1) is 7.37. The predicted molar refractivity (Wildman–Crippen MR) is 48.5 cm³/mol. The molecule has 0 saturated carbocycles. The van der Waals surface area contributed by atoms with Crippen molar-refractivity contribution in [1.29, 1.82) is 0 Å². The molecular weight excluding hydrogens is 204 g/mol. The van der Waals surface area contributed by atoms with Crippen LogP contribution in [0, 0.1) is 0 Å². The Morgan fingerprint density at radius 2 is 2.45 bits per heavy atom. The van der Waals surface area contributed by atoms with Crippen LogP contribution in [-0.4, -0.2) is 11.1 Å². The van der Waals surface area contributed by atoms with Gasteiger partial charge in [-0.3, -0.25) is 0 Å². The average molecular weight is 215 g/mol. The second-order valence-corrected chi connectivity index (χ2v) is 3.74. The summed E-state index contributed by atoms with van der Waals surface area (Å²) in [5.74, 6) is 0. The van der Waals surface area contributed by atoms with Gasteiger partial charge >= 0.3 is 0 Å². The molecule has 1 aliphatic rings. The van der Waals surface area contributed by atoms with E-state index in [-0.39, 0.29) is 0 Å². The fourth-order valence-corrected chi connectivity index (χ4v) is 2.04. The number of rotatable bonds is 0. The molecule has 1 aliphatic heterocycles. The number of hydrogen-bond acceptors (Lipinski definition) is 1. The summed E-state index contributed by atoms with van der Waals surface area (Å²) in [6.45, 7) is 2.13. The first-order valence-electron chi connectivity index (χ1n) is 3.82. The smallest absolute Gasteiger partial charge is 0.0849 e. The predicted octanol–water partition coefficient (Wildman–Crippen LogP) is 1.43. The highest BCUT2D eigenvalue weighted by Gasteiger charge is 2.13. The van der Waals surface area contributed by atoms with Crippen LogP contribution in [0.15, 0.2) is 10.7 Å². The molecule has 3 heteroatoms. The van der Waals surface area contributed by atoms with Crippen molar-refractivity contribution in [3.8, 4) is 0 Å². The maximum Gasteiger partial charge on any atom is 0.0849 e. The van der Waals surface area contributed by atoms with Crippen molar-refractivity contribution in [2.75, 3.05) is 6.54 Å². The highest BCUT2D eigenvalue weighted by molar-refractivity contribution is 9.10. The zero-order valence-electron chi connectivity index (χ0n) is 6.52. The van der Waals surface area contributed by atoms with Gasteiger partial charge in [0.2, 0.25) is 0 Å². The lowest BCUT2D eigenvalue weighted by Gasteiger charge is -2.14. The fourth-order valence-electron chi connectivity index (χ4n) is 1.55. The summed E-state index contributed by atoms with van der Waals surface area (Å²) in [6.07, 6.45) is 1.16. The van der Waals surface area contributed by atoms with Gasteiger partial charge in [-0.15, -0.1) is 0 Å². The first-order chi connectivity index (χ1) is 5.29. The zero-order chi connectivity index (χ0) is 7.84. The van der Waals surface area contributed by atoms with Gasteiger partial charge in [0.1, 0.15) is 0 Å². The maximum atomic E-state index is 3.51. The van der Waals surface area contributed by atoms with Crippen LogP contribution in [0.5, 0.6) is 0 Å². The van der Waals surface area contributed by atoms with Gasteiger partial charge in [-0.25, -0.2) is 0 Å². The van der Waals surface area contributed by atoms with Gasteiger partial charge in [-0.1, -0.05) is 0 Å². The molecule has 0 aromatic carbocycles. The molecule has 1 aromatic rings. The van der Waals surface area contributed by atoms with Gasteiger partial charge < -0.3 is 9.88 Å².